The van der Waals surface area contributed by atoms with E-state index in [9.17, 15) is 0 Å². The number of rotatable bonds is 3. The lowest BCUT2D eigenvalue weighted by Crippen LogP contribution is -2.60. The number of hydrogen-bond donors (Lipinski definition) is 3. The van der Waals surface area contributed by atoms with Gasteiger partial charge in [-0.15, -0.1) is 0 Å². The van der Waals surface area contributed by atoms with E-state index in [0.717, 1.165) is 19.3 Å². The summed E-state index contributed by atoms with van der Waals surface area (Å²) in [5.41, 5.74) is 12.2. The Bertz CT molecular complexity index is 195. The number of nitrogens with one attached hydrogen (secondary N) is 1. The summed E-state index contributed by atoms with van der Waals surface area (Å²) in [6.07, 6.45) is 3.24. The quantitative estimate of drug-likeness (QED) is 0.660. The Balaban J connectivity index is 2.66. The van der Waals surface area contributed by atoms with Gasteiger partial charge in [-0.25, -0.2) is 0 Å². The van der Waals surface area contributed by atoms with Gasteiger partial charge >= 0.3 is 0 Å². The maximum Gasteiger partial charge on any atom is 0.0133 e. The average Bonchev–Trinajstić information content (AvgIpc) is 1.98. The minimum Gasteiger partial charge on any atom is -0.330 e. The van der Waals surface area contributed by atoms with Gasteiger partial charge in [0.25, 0.3) is 0 Å². The molecule has 0 amide bonds. The second kappa shape index (κ2) is 4.40. The van der Waals surface area contributed by atoms with Crippen LogP contribution in [0, 0.1) is 5.92 Å². The highest BCUT2D eigenvalue weighted by Crippen LogP contribution is 2.34. The molecule has 5 N–H and O–H groups in total. The van der Waals surface area contributed by atoms with Crippen molar-refractivity contribution in [3.8, 4) is 0 Å². The summed E-state index contributed by atoms with van der Waals surface area (Å²) in [7, 11) is 0. The lowest BCUT2D eigenvalue weighted by molar-refractivity contribution is 0.112. The number of hydrogen-bond acceptors (Lipinski definition) is 3. The van der Waals surface area contributed by atoms with Crippen LogP contribution in [0.1, 0.15) is 47.0 Å². The summed E-state index contributed by atoms with van der Waals surface area (Å²) in [4.78, 5) is 0. The van der Waals surface area contributed by atoms with Gasteiger partial charge in [-0.2, -0.15) is 0 Å². The van der Waals surface area contributed by atoms with Gasteiger partial charge in [0.05, 0.1) is 0 Å². The Labute approximate surface area is 94.0 Å². The van der Waals surface area contributed by atoms with E-state index in [-0.39, 0.29) is 17.1 Å². The van der Waals surface area contributed by atoms with Gasteiger partial charge < -0.3 is 16.8 Å². The van der Waals surface area contributed by atoms with Gasteiger partial charge in [-0.1, -0.05) is 0 Å². The normalized spacial score (nSPS) is 27.6. The zero-order chi connectivity index (χ0) is 11.7. The van der Waals surface area contributed by atoms with E-state index in [1.807, 2.05) is 0 Å². The topological polar surface area (TPSA) is 64.1 Å². The van der Waals surface area contributed by atoms with Crippen molar-refractivity contribution in [2.45, 2.75) is 64.1 Å². The first-order chi connectivity index (χ1) is 6.76. The Morgan fingerprint density at radius 2 is 1.67 bits per heavy atom. The lowest BCUT2D eigenvalue weighted by atomic mass is 9.72. The van der Waals surface area contributed by atoms with Gasteiger partial charge in [-0.05, 0) is 59.4 Å². The van der Waals surface area contributed by atoms with Crippen molar-refractivity contribution in [1.82, 2.24) is 5.32 Å². The molecule has 1 heterocycles. The smallest absolute Gasteiger partial charge is 0.0133 e. The molecule has 0 aliphatic carbocycles. The van der Waals surface area contributed by atoms with E-state index in [4.69, 9.17) is 11.5 Å². The molecule has 0 saturated carbocycles. The highest BCUT2D eigenvalue weighted by atomic mass is 15.1. The maximum atomic E-state index is 6.19. The van der Waals surface area contributed by atoms with Crippen LogP contribution in [0.25, 0.3) is 0 Å². The molecule has 1 rings (SSSR count). The van der Waals surface area contributed by atoms with Crippen LogP contribution in [-0.4, -0.2) is 23.7 Å². The summed E-state index contributed by atoms with van der Waals surface area (Å²) in [6.45, 7) is 9.74. The first-order valence-corrected chi connectivity index (χ1v) is 6.01. The number of piperidine rings is 1. The molecule has 0 spiro atoms. The van der Waals surface area contributed by atoms with E-state index in [1.165, 1.54) is 0 Å². The van der Waals surface area contributed by atoms with Crippen molar-refractivity contribution in [2.24, 2.45) is 17.4 Å². The van der Waals surface area contributed by atoms with Crippen LogP contribution in [-0.2, 0) is 0 Å². The van der Waals surface area contributed by atoms with E-state index >= 15 is 0 Å². The predicted octanol–water partition coefficient (Wildman–Crippen LogP) is 1.22. The summed E-state index contributed by atoms with van der Waals surface area (Å²) in [5.74, 6) is 0.597. The first kappa shape index (κ1) is 12.9. The molecule has 1 atom stereocenters. The molecule has 1 saturated heterocycles. The zero-order valence-corrected chi connectivity index (χ0v) is 10.6. The molecular formula is C12H27N3. The van der Waals surface area contributed by atoms with Gasteiger partial charge in [0.1, 0.15) is 0 Å². The fourth-order valence-electron chi connectivity index (χ4n) is 3.13. The second-order valence-corrected chi connectivity index (χ2v) is 6.30. The molecule has 3 heteroatoms. The molecule has 0 aromatic carbocycles. The third-order valence-electron chi connectivity index (χ3n) is 3.33. The zero-order valence-electron chi connectivity index (χ0n) is 10.6. The van der Waals surface area contributed by atoms with Crippen molar-refractivity contribution in [2.75, 3.05) is 6.54 Å². The van der Waals surface area contributed by atoms with Gasteiger partial charge in [0, 0.05) is 17.1 Å². The predicted molar refractivity (Wildman–Crippen MR) is 65.7 cm³/mol. The fourth-order valence-corrected chi connectivity index (χ4v) is 3.13. The van der Waals surface area contributed by atoms with Crippen LogP contribution >= 0.6 is 0 Å². The second-order valence-electron chi connectivity index (χ2n) is 6.30. The highest BCUT2D eigenvalue weighted by molar-refractivity contribution is 4.99. The lowest BCUT2D eigenvalue weighted by Gasteiger charge is -2.48. The van der Waals surface area contributed by atoms with Crippen molar-refractivity contribution < 1.29 is 0 Å². The van der Waals surface area contributed by atoms with Crippen LogP contribution in [0.5, 0.6) is 0 Å². The monoisotopic (exact) mass is 213 g/mol. The van der Waals surface area contributed by atoms with Crippen LogP contribution < -0.4 is 16.8 Å². The standard InChI is InChI=1S/C12H27N3/c1-11(2)7-9(10(14)5-6-13)8-12(3,4)15-11/h9-10,15H,5-8,13-14H2,1-4H3. The highest BCUT2D eigenvalue weighted by Gasteiger charge is 2.39. The van der Waals surface area contributed by atoms with Crippen LogP contribution in [0.2, 0.25) is 0 Å². The van der Waals surface area contributed by atoms with Gasteiger partial charge in [-0.3, -0.25) is 0 Å². The van der Waals surface area contributed by atoms with Crippen LogP contribution in [0.4, 0.5) is 0 Å². The van der Waals surface area contributed by atoms with Crippen molar-refractivity contribution in [3.05, 3.63) is 0 Å². The van der Waals surface area contributed by atoms with Gasteiger partial charge in [0.2, 0.25) is 0 Å². The summed E-state index contributed by atoms with van der Waals surface area (Å²) in [5, 5.41) is 3.67. The minimum absolute atomic E-state index is 0.193. The summed E-state index contributed by atoms with van der Waals surface area (Å²) < 4.78 is 0. The Kier molecular flexibility index (Phi) is 3.80. The first-order valence-electron chi connectivity index (χ1n) is 6.01. The Morgan fingerprint density at radius 3 is 2.07 bits per heavy atom. The molecule has 1 unspecified atom stereocenters. The molecule has 90 valence electrons. The molecule has 1 fully saturated rings. The SMILES string of the molecule is CC1(C)CC(C(N)CCN)CC(C)(C)N1. The Morgan fingerprint density at radius 1 is 1.20 bits per heavy atom. The van der Waals surface area contributed by atoms with Crippen LogP contribution in [0.15, 0.2) is 0 Å². The van der Waals surface area contributed by atoms with E-state index in [0.29, 0.717) is 12.5 Å². The van der Waals surface area contributed by atoms with Crippen molar-refractivity contribution in [3.63, 3.8) is 0 Å². The molecule has 1 aliphatic rings. The molecule has 1 aliphatic heterocycles. The summed E-state index contributed by atoms with van der Waals surface area (Å²) >= 11 is 0. The van der Waals surface area contributed by atoms with E-state index < -0.39 is 0 Å². The summed E-state index contributed by atoms with van der Waals surface area (Å²) in [6, 6.07) is 0.260. The molecule has 0 radical (unpaired) electrons. The third-order valence-corrected chi connectivity index (χ3v) is 3.33. The third kappa shape index (κ3) is 3.74. The fraction of sp³-hybridized carbons (Fsp3) is 1.00. The molecular weight excluding hydrogens is 186 g/mol. The van der Waals surface area contributed by atoms with E-state index in [1.54, 1.807) is 0 Å². The van der Waals surface area contributed by atoms with E-state index in [2.05, 4.69) is 33.0 Å². The van der Waals surface area contributed by atoms with Crippen molar-refractivity contribution in [1.29, 1.82) is 0 Å². The van der Waals surface area contributed by atoms with Gasteiger partial charge in [0.15, 0.2) is 0 Å². The number of nitrogens with two attached hydrogens (primary N) is 2. The Hall–Kier alpha value is -0.120. The maximum absolute atomic E-state index is 6.19. The molecule has 15 heavy (non-hydrogen) atoms. The van der Waals surface area contributed by atoms with Crippen molar-refractivity contribution >= 4 is 0 Å². The molecule has 0 aromatic rings. The molecule has 3 nitrogen and oxygen atoms in total. The largest absolute Gasteiger partial charge is 0.330 e. The molecule has 0 bridgehead atoms. The van der Waals surface area contributed by atoms with Crippen LogP contribution in [0.3, 0.4) is 0 Å². The average molecular weight is 213 g/mol. The minimum atomic E-state index is 0.193. The molecule has 0 aromatic heterocycles.